The van der Waals surface area contributed by atoms with Crippen LogP contribution in [0.4, 0.5) is 0 Å². The first-order valence-corrected chi connectivity index (χ1v) is 7.12. The highest BCUT2D eigenvalue weighted by Gasteiger charge is 2.36. The summed E-state index contributed by atoms with van der Waals surface area (Å²) < 4.78 is 0.832. The van der Waals surface area contributed by atoms with Gasteiger partial charge in [0, 0.05) is 5.38 Å². The second-order valence-electron chi connectivity index (χ2n) is 4.46. The molecule has 0 bridgehead atoms. The average Bonchev–Trinajstić information content (AvgIpc) is 2.67. The minimum absolute atomic E-state index is 0.379. The second-order valence-corrected chi connectivity index (χ2v) is 6.13. The number of rotatable bonds is 2. The van der Waals surface area contributed by atoms with Crippen molar-refractivity contribution < 1.29 is 5.11 Å². The molecule has 0 amide bonds. The molecule has 1 aromatic rings. The first-order chi connectivity index (χ1) is 7.10. The van der Waals surface area contributed by atoms with Gasteiger partial charge in [-0.05, 0) is 41.6 Å². The molecule has 2 nitrogen and oxygen atoms in total. The second kappa shape index (κ2) is 4.52. The van der Waals surface area contributed by atoms with Crippen LogP contribution in [0.1, 0.15) is 44.0 Å². The molecule has 0 aliphatic heterocycles. The highest BCUT2D eigenvalue weighted by molar-refractivity contribution is 9.10. The SMILES string of the molecule is CC(O)(c1nc(Br)cs1)C1CCCCC1. The zero-order valence-electron chi connectivity index (χ0n) is 8.87. The molecule has 1 aliphatic carbocycles. The van der Waals surface area contributed by atoms with E-state index in [1.54, 1.807) is 11.3 Å². The zero-order chi connectivity index (χ0) is 10.9. The Bertz CT molecular complexity index is 331. The summed E-state index contributed by atoms with van der Waals surface area (Å²) in [5, 5.41) is 13.3. The van der Waals surface area contributed by atoms with Gasteiger partial charge in [0.1, 0.15) is 15.2 Å². The van der Waals surface area contributed by atoms with Gasteiger partial charge in [-0.25, -0.2) is 4.98 Å². The highest BCUT2D eigenvalue weighted by atomic mass is 79.9. The molecule has 0 aromatic carbocycles. The maximum absolute atomic E-state index is 10.6. The summed E-state index contributed by atoms with van der Waals surface area (Å²) in [6.45, 7) is 1.91. The number of nitrogens with zero attached hydrogens (tertiary/aromatic N) is 1. The molecule has 0 saturated heterocycles. The normalized spacial score (nSPS) is 22.6. The Morgan fingerprint density at radius 2 is 2.13 bits per heavy atom. The van der Waals surface area contributed by atoms with Crippen LogP contribution in [0.2, 0.25) is 0 Å². The Labute approximate surface area is 103 Å². The number of aliphatic hydroxyl groups is 1. The van der Waals surface area contributed by atoms with E-state index >= 15 is 0 Å². The van der Waals surface area contributed by atoms with Gasteiger partial charge < -0.3 is 5.11 Å². The summed E-state index contributed by atoms with van der Waals surface area (Å²) in [6, 6.07) is 0. The molecule has 2 rings (SSSR count). The maximum atomic E-state index is 10.6. The van der Waals surface area contributed by atoms with Crippen LogP contribution in [0.3, 0.4) is 0 Å². The number of halogens is 1. The Balaban J connectivity index is 2.17. The molecule has 1 unspecified atom stereocenters. The highest BCUT2D eigenvalue weighted by Crippen LogP contribution is 2.40. The third-order valence-electron chi connectivity index (χ3n) is 3.31. The van der Waals surface area contributed by atoms with Gasteiger partial charge in [0.2, 0.25) is 0 Å². The smallest absolute Gasteiger partial charge is 0.126 e. The van der Waals surface area contributed by atoms with E-state index in [1.807, 2.05) is 12.3 Å². The van der Waals surface area contributed by atoms with Crippen molar-refractivity contribution in [3.8, 4) is 0 Å². The molecule has 1 fully saturated rings. The summed E-state index contributed by atoms with van der Waals surface area (Å²) in [5.74, 6) is 0.379. The lowest BCUT2D eigenvalue weighted by atomic mass is 9.78. The van der Waals surface area contributed by atoms with E-state index in [0.717, 1.165) is 22.5 Å². The van der Waals surface area contributed by atoms with Gasteiger partial charge in [-0.15, -0.1) is 11.3 Å². The summed E-state index contributed by atoms with van der Waals surface area (Å²) in [6.07, 6.45) is 6.06. The predicted octanol–water partition coefficient (Wildman–Crippen LogP) is 3.69. The van der Waals surface area contributed by atoms with E-state index in [4.69, 9.17) is 0 Å². The van der Waals surface area contributed by atoms with Gasteiger partial charge in [-0.3, -0.25) is 0 Å². The van der Waals surface area contributed by atoms with E-state index in [1.165, 1.54) is 19.3 Å². The number of thiazole rings is 1. The molecule has 1 N–H and O–H groups in total. The molecule has 4 heteroatoms. The largest absolute Gasteiger partial charge is 0.383 e. The maximum Gasteiger partial charge on any atom is 0.126 e. The number of aromatic nitrogens is 1. The number of hydrogen-bond acceptors (Lipinski definition) is 3. The Hall–Kier alpha value is 0.0700. The Morgan fingerprint density at radius 3 is 2.67 bits per heavy atom. The molecule has 1 aliphatic rings. The summed E-state index contributed by atoms with van der Waals surface area (Å²) in [7, 11) is 0. The van der Waals surface area contributed by atoms with Crippen LogP contribution in [0.15, 0.2) is 9.98 Å². The van der Waals surface area contributed by atoms with Crippen molar-refractivity contribution in [1.82, 2.24) is 4.98 Å². The van der Waals surface area contributed by atoms with Crippen molar-refractivity contribution in [1.29, 1.82) is 0 Å². The van der Waals surface area contributed by atoms with Crippen molar-refractivity contribution >= 4 is 27.3 Å². The van der Waals surface area contributed by atoms with Crippen LogP contribution in [0.5, 0.6) is 0 Å². The van der Waals surface area contributed by atoms with Crippen molar-refractivity contribution in [2.24, 2.45) is 5.92 Å². The van der Waals surface area contributed by atoms with Gasteiger partial charge >= 0.3 is 0 Å². The molecule has 1 saturated carbocycles. The van der Waals surface area contributed by atoms with Crippen LogP contribution < -0.4 is 0 Å². The van der Waals surface area contributed by atoms with Crippen LogP contribution in [-0.4, -0.2) is 10.1 Å². The summed E-state index contributed by atoms with van der Waals surface area (Å²) >= 11 is 4.88. The van der Waals surface area contributed by atoms with Gasteiger partial charge in [0.15, 0.2) is 0 Å². The molecule has 1 aromatic heterocycles. The van der Waals surface area contributed by atoms with Gasteiger partial charge in [-0.2, -0.15) is 0 Å². The fraction of sp³-hybridized carbons (Fsp3) is 0.727. The first kappa shape index (κ1) is 11.6. The molecule has 1 atom stereocenters. The first-order valence-electron chi connectivity index (χ1n) is 5.44. The minimum atomic E-state index is -0.739. The molecule has 84 valence electrons. The van der Waals surface area contributed by atoms with Crippen molar-refractivity contribution in [2.75, 3.05) is 0 Å². The van der Waals surface area contributed by atoms with E-state index in [2.05, 4.69) is 20.9 Å². The lowest BCUT2D eigenvalue weighted by Gasteiger charge is -2.33. The Kier molecular flexibility index (Phi) is 3.48. The molecule has 0 spiro atoms. The van der Waals surface area contributed by atoms with E-state index in [0.29, 0.717) is 5.92 Å². The van der Waals surface area contributed by atoms with E-state index < -0.39 is 5.60 Å². The van der Waals surface area contributed by atoms with Gasteiger partial charge in [0.25, 0.3) is 0 Å². The third kappa shape index (κ3) is 2.43. The molecule has 15 heavy (non-hydrogen) atoms. The minimum Gasteiger partial charge on any atom is -0.383 e. The number of hydrogen-bond donors (Lipinski definition) is 1. The quantitative estimate of drug-likeness (QED) is 0.901. The van der Waals surface area contributed by atoms with Crippen LogP contribution in [0.25, 0.3) is 0 Å². The molecular weight excluding hydrogens is 274 g/mol. The summed E-state index contributed by atoms with van der Waals surface area (Å²) in [5.41, 5.74) is -0.739. The molecular formula is C11H16BrNOS. The fourth-order valence-electron chi connectivity index (χ4n) is 2.33. The van der Waals surface area contributed by atoms with Crippen LogP contribution in [0, 0.1) is 5.92 Å². The monoisotopic (exact) mass is 289 g/mol. The average molecular weight is 290 g/mol. The van der Waals surface area contributed by atoms with Gasteiger partial charge in [-0.1, -0.05) is 19.3 Å². The van der Waals surface area contributed by atoms with Crippen LogP contribution >= 0.6 is 27.3 Å². The Morgan fingerprint density at radius 1 is 1.47 bits per heavy atom. The van der Waals surface area contributed by atoms with E-state index in [-0.39, 0.29) is 0 Å². The van der Waals surface area contributed by atoms with Gasteiger partial charge in [0.05, 0.1) is 0 Å². The lowest BCUT2D eigenvalue weighted by Crippen LogP contribution is -2.33. The lowest BCUT2D eigenvalue weighted by molar-refractivity contribution is -0.0217. The zero-order valence-corrected chi connectivity index (χ0v) is 11.3. The fourth-order valence-corrected chi connectivity index (χ4v) is 3.72. The standard InChI is InChI=1S/C11H16BrNOS/c1-11(14,8-5-3-2-4-6-8)10-13-9(12)7-15-10/h7-8,14H,2-6H2,1H3. The van der Waals surface area contributed by atoms with Crippen molar-refractivity contribution in [3.63, 3.8) is 0 Å². The third-order valence-corrected chi connectivity index (χ3v) is 5.09. The van der Waals surface area contributed by atoms with Crippen molar-refractivity contribution in [3.05, 3.63) is 15.0 Å². The van der Waals surface area contributed by atoms with E-state index in [9.17, 15) is 5.11 Å². The van der Waals surface area contributed by atoms with Crippen LogP contribution in [-0.2, 0) is 5.60 Å². The molecule has 0 radical (unpaired) electrons. The predicted molar refractivity (Wildman–Crippen MR) is 66.0 cm³/mol. The topological polar surface area (TPSA) is 33.1 Å². The van der Waals surface area contributed by atoms with Crippen molar-refractivity contribution in [2.45, 2.75) is 44.6 Å². The summed E-state index contributed by atoms with van der Waals surface area (Å²) in [4.78, 5) is 4.34. The molecule has 1 heterocycles.